The molecule has 0 radical (unpaired) electrons. The van der Waals surface area contributed by atoms with E-state index in [-0.39, 0.29) is 11.6 Å². The van der Waals surface area contributed by atoms with E-state index in [0.717, 1.165) is 25.7 Å². The van der Waals surface area contributed by atoms with E-state index in [9.17, 15) is 9.59 Å². The number of pyridine rings is 1. The van der Waals surface area contributed by atoms with E-state index < -0.39 is 5.97 Å². The van der Waals surface area contributed by atoms with Crippen LogP contribution in [0.4, 0.5) is 10.5 Å². The third-order valence-corrected chi connectivity index (χ3v) is 3.09. The van der Waals surface area contributed by atoms with Gasteiger partial charge in [0.05, 0.1) is 17.4 Å². The van der Waals surface area contributed by atoms with E-state index in [2.05, 4.69) is 24.1 Å². The number of carbonyl (C=O) groups excluding carboxylic acids is 1. The van der Waals surface area contributed by atoms with Crippen LogP contribution in [0.3, 0.4) is 0 Å². The van der Waals surface area contributed by atoms with Crippen LogP contribution < -0.4 is 5.32 Å². The summed E-state index contributed by atoms with van der Waals surface area (Å²) in [5.41, 5.74) is 0.458. The van der Waals surface area contributed by atoms with Gasteiger partial charge in [-0.3, -0.25) is 4.98 Å². The maximum atomic E-state index is 12.2. The molecule has 2 N–H and O–H groups in total. The maximum absolute atomic E-state index is 12.2. The zero-order chi connectivity index (χ0) is 15.7. The van der Waals surface area contributed by atoms with Gasteiger partial charge in [-0.1, -0.05) is 26.7 Å². The number of hydrogen-bond donors (Lipinski definition) is 2. The topological polar surface area (TPSA) is 82.5 Å². The normalized spacial score (nSPS) is 10.2. The predicted octanol–water partition coefficient (Wildman–Crippen LogP) is 3.21. The summed E-state index contributed by atoms with van der Waals surface area (Å²) < 4.78 is 0. The summed E-state index contributed by atoms with van der Waals surface area (Å²) in [4.78, 5) is 28.7. The van der Waals surface area contributed by atoms with Crippen LogP contribution in [0.1, 0.15) is 49.9 Å². The maximum Gasteiger partial charge on any atom is 0.337 e. The molecule has 116 valence electrons. The Balaban J connectivity index is 2.70. The van der Waals surface area contributed by atoms with Crippen LogP contribution in [-0.2, 0) is 0 Å². The lowest BCUT2D eigenvalue weighted by molar-refractivity contribution is 0.0696. The Kier molecular flexibility index (Phi) is 7.21. The average molecular weight is 293 g/mol. The Labute approximate surface area is 125 Å². The molecule has 21 heavy (non-hydrogen) atoms. The summed E-state index contributed by atoms with van der Waals surface area (Å²) in [6.45, 7) is 5.56. The van der Waals surface area contributed by atoms with Crippen molar-refractivity contribution in [2.75, 3.05) is 18.4 Å². The van der Waals surface area contributed by atoms with Crippen molar-refractivity contribution < 1.29 is 14.7 Å². The molecule has 0 aromatic carbocycles. The predicted molar refractivity (Wildman–Crippen MR) is 81.6 cm³/mol. The van der Waals surface area contributed by atoms with Crippen molar-refractivity contribution in [3.8, 4) is 0 Å². The van der Waals surface area contributed by atoms with Gasteiger partial charge in [-0.05, 0) is 18.9 Å². The van der Waals surface area contributed by atoms with Crippen LogP contribution in [-0.4, -0.2) is 40.1 Å². The minimum Gasteiger partial charge on any atom is -0.478 e. The molecule has 1 rings (SSSR count). The number of hydrogen-bond acceptors (Lipinski definition) is 3. The highest BCUT2D eigenvalue weighted by Gasteiger charge is 2.13. The highest BCUT2D eigenvalue weighted by atomic mass is 16.4. The second-order valence-electron chi connectivity index (χ2n) is 4.89. The number of aromatic nitrogens is 1. The van der Waals surface area contributed by atoms with Crippen molar-refractivity contribution in [2.24, 2.45) is 0 Å². The molecular formula is C15H23N3O3. The molecule has 1 heterocycles. The Morgan fingerprint density at radius 2 is 1.81 bits per heavy atom. The number of anilines is 1. The van der Waals surface area contributed by atoms with Crippen LogP contribution in [0, 0.1) is 0 Å². The first-order chi connectivity index (χ1) is 10.1. The molecule has 0 aliphatic rings. The molecule has 0 unspecified atom stereocenters. The van der Waals surface area contributed by atoms with E-state index in [1.165, 1.54) is 18.5 Å². The van der Waals surface area contributed by atoms with Gasteiger partial charge in [0.25, 0.3) is 0 Å². The molecule has 0 aliphatic carbocycles. The monoisotopic (exact) mass is 293 g/mol. The molecule has 0 fully saturated rings. The van der Waals surface area contributed by atoms with E-state index in [1.54, 1.807) is 4.90 Å². The molecule has 6 nitrogen and oxygen atoms in total. The fourth-order valence-electron chi connectivity index (χ4n) is 1.84. The minimum absolute atomic E-state index is 0.0569. The number of carbonyl (C=O) groups is 2. The van der Waals surface area contributed by atoms with Gasteiger partial charge in [0, 0.05) is 19.3 Å². The van der Waals surface area contributed by atoms with E-state index >= 15 is 0 Å². The summed E-state index contributed by atoms with van der Waals surface area (Å²) in [5, 5.41) is 11.6. The molecular weight excluding hydrogens is 270 g/mol. The number of rotatable bonds is 8. The first-order valence-electron chi connectivity index (χ1n) is 7.32. The summed E-state index contributed by atoms with van der Waals surface area (Å²) in [7, 11) is 0. The fourth-order valence-corrected chi connectivity index (χ4v) is 1.84. The van der Waals surface area contributed by atoms with E-state index in [0.29, 0.717) is 18.8 Å². The lowest BCUT2D eigenvalue weighted by Crippen LogP contribution is -2.36. The van der Waals surface area contributed by atoms with Gasteiger partial charge < -0.3 is 15.3 Å². The van der Waals surface area contributed by atoms with Crippen molar-refractivity contribution in [1.82, 2.24) is 9.88 Å². The Morgan fingerprint density at radius 3 is 2.33 bits per heavy atom. The number of urea groups is 1. The van der Waals surface area contributed by atoms with Crippen molar-refractivity contribution in [1.29, 1.82) is 0 Å². The van der Waals surface area contributed by atoms with E-state index in [4.69, 9.17) is 5.11 Å². The summed E-state index contributed by atoms with van der Waals surface area (Å²) >= 11 is 0. The van der Waals surface area contributed by atoms with Gasteiger partial charge in [0.1, 0.15) is 0 Å². The van der Waals surface area contributed by atoms with Crippen LogP contribution >= 0.6 is 0 Å². The first kappa shape index (κ1) is 16.9. The molecule has 0 spiro atoms. The number of unbranched alkanes of at least 4 members (excludes halogenated alkanes) is 2. The standard InChI is InChI=1S/C15H23N3O3/c1-3-5-7-18(8-6-4-2)15(21)17-13-9-12(14(19)20)10-16-11-13/h9-11H,3-8H2,1-2H3,(H,17,21)(H,19,20). The number of nitrogens with one attached hydrogen (secondary N) is 1. The van der Waals surface area contributed by atoms with Crippen LogP contribution in [0.5, 0.6) is 0 Å². The lowest BCUT2D eigenvalue weighted by Gasteiger charge is -2.22. The highest BCUT2D eigenvalue weighted by molar-refractivity contribution is 5.92. The number of nitrogens with zero attached hydrogens (tertiary/aromatic N) is 2. The number of amides is 2. The number of aromatic carboxylic acids is 1. The second-order valence-corrected chi connectivity index (χ2v) is 4.89. The molecule has 0 atom stereocenters. The smallest absolute Gasteiger partial charge is 0.337 e. The number of carboxylic acids is 1. The quantitative estimate of drug-likeness (QED) is 0.771. The fraction of sp³-hybridized carbons (Fsp3) is 0.533. The Hall–Kier alpha value is -2.11. The zero-order valence-corrected chi connectivity index (χ0v) is 12.6. The minimum atomic E-state index is -1.06. The molecule has 0 saturated carbocycles. The third kappa shape index (κ3) is 5.81. The van der Waals surface area contributed by atoms with Crippen LogP contribution in [0.15, 0.2) is 18.5 Å². The number of carboxylic acid groups (broad SMARTS) is 1. The molecule has 2 amide bonds. The van der Waals surface area contributed by atoms with Crippen LogP contribution in [0.25, 0.3) is 0 Å². The summed E-state index contributed by atoms with van der Waals surface area (Å²) in [6, 6.07) is 1.20. The van der Waals surface area contributed by atoms with E-state index in [1.807, 2.05) is 0 Å². The SMILES string of the molecule is CCCCN(CCCC)C(=O)Nc1cncc(C(=O)O)c1. The lowest BCUT2D eigenvalue weighted by atomic mass is 10.2. The van der Waals surface area contributed by atoms with Crippen molar-refractivity contribution in [2.45, 2.75) is 39.5 Å². The van der Waals surface area contributed by atoms with Gasteiger partial charge in [0.15, 0.2) is 0 Å². The van der Waals surface area contributed by atoms with Gasteiger partial charge in [0.2, 0.25) is 0 Å². The molecule has 0 aliphatic heterocycles. The average Bonchev–Trinajstić information content (AvgIpc) is 2.47. The van der Waals surface area contributed by atoms with Gasteiger partial charge in [-0.25, -0.2) is 9.59 Å². The largest absolute Gasteiger partial charge is 0.478 e. The van der Waals surface area contributed by atoms with Gasteiger partial charge in [-0.15, -0.1) is 0 Å². The first-order valence-corrected chi connectivity index (χ1v) is 7.32. The summed E-state index contributed by atoms with van der Waals surface area (Å²) in [5.74, 6) is -1.06. The Morgan fingerprint density at radius 1 is 1.19 bits per heavy atom. The van der Waals surface area contributed by atoms with Gasteiger partial charge in [-0.2, -0.15) is 0 Å². The van der Waals surface area contributed by atoms with Crippen molar-refractivity contribution in [3.05, 3.63) is 24.0 Å². The third-order valence-electron chi connectivity index (χ3n) is 3.09. The molecule has 1 aromatic heterocycles. The Bertz CT molecular complexity index is 469. The molecule has 6 heteroatoms. The second kappa shape index (κ2) is 8.94. The highest BCUT2D eigenvalue weighted by Crippen LogP contribution is 2.10. The molecule has 0 bridgehead atoms. The van der Waals surface area contributed by atoms with Crippen LogP contribution in [0.2, 0.25) is 0 Å². The summed E-state index contributed by atoms with van der Waals surface area (Å²) in [6.07, 6.45) is 6.64. The zero-order valence-electron chi connectivity index (χ0n) is 12.6. The van der Waals surface area contributed by atoms with Crippen molar-refractivity contribution in [3.63, 3.8) is 0 Å². The van der Waals surface area contributed by atoms with Gasteiger partial charge >= 0.3 is 12.0 Å². The molecule has 0 saturated heterocycles. The molecule has 1 aromatic rings. The van der Waals surface area contributed by atoms with Crippen molar-refractivity contribution >= 4 is 17.7 Å².